The van der Waals surface area contributed by atoms with Crippen molar-refractivity contribution in [3.8, 4) is 5.88 Å². The summed E-state index contributed by atoms with van der Waals surface area (Å²) in [7, 11) is 1.30. The minimum atomic E-state index is -0.528. The lowest BCUT2D eigenvalue weighted by atomic mass is 10.1. The van der Waals surface area contributed by atoms with Gasteiger partial charge in [0.25, 0.3) is 0 Å². The van der Waals surface area contributed by atoms with Crippen LogP contribution in [0.25, 0.3) is 0 Å². The Hall–Kier alpha value is -2.56. The first-order valence-corrected chi connectivity index (χ1v) is 6.17. The summed E-state index contributed by atoms with van der Waals surface area (Å²) in [4.78, 5) is 15.8. The van der Waals surface area contributed by atoms with Crippen molar-refractivity contribution in [1.29, 1.82) is 0 Å². The molecule has 5 nitrogen and oxygen atoms in total. The van der Waals surface area contributed by atoms with E-state index in [2.05, 4.69) is 4.98 Å². The molecule has 1 aromatic carbocycles. The van der Waals surface area contributed by atoms with Gasteiger partial charge in [-0.25, -0.2) is 9.78 Å². The van der Waals surface area contributed by atoms with Gasteiger partial charge in [-0.3, -0.25) is 0 Å². The molecule has 104 valence electrons. The largest absolute Gasteiger partial charge is 0.469 e. The molecule has 2 N–H and O–H groups in total. The topological polar surface area (TPSA) is 74.4 Å². The van der Waals surface area contributed by atoms with Crippen LogP contribution in [0.15, 0.2) is 42.6 Å². The summed E-state index contributed by atoms with van der Waals surface area (Å²) in [5.41, 5.74) is 7.22. The number of methoxy groups -OCH3 is 1. The van der Waals surface area contributed by atoms with Crippen molar-refractivity contribution in [2.24, 2.45) is 0 Å². The Balaban J connectivity index is 2.27. The predicted molar refractivity (Wildman–Crippen MR) is 75.5 cm³/mol. The summed E-state index contributed by atoms with van der Waals surface area (Å²) in [6, 6.07) is 11.2. The predicted octanol–water partition coefficient (Wildman–Crippen LogP) is 2.59. The van der Waals surface area contributed by atoms with Crippen molar-refractivity contribution in [3.63, 3.8) is 0 Å². The van der Waals surface area contributed by atoms with E-state index < -0.39 is 5.97 Å². The van der Waals surface area contributed by atoms with Gasteiger partial charge in [0.1, 0.15) is 11.7 Å². The van der Waals surface area contributed by atoms with Crippen LogP contribution in [0, 0.1) is 0 Å². The summed E-state index contributed by atoms with van der Waals surface area (Å²) in [6.45, 7) is 1.88. The van der Waals surface area contributed by atoms with E-state index in [0.717, 1.165) is 5.56 Å². The summed E-state index contributed by atoms with van der Waals surface area (Å²) in [5.74, 6) is -0.317. The Morgan fingerprint density at radius 1 is 1.30 bits per heavy atom. The molecule has 2 aromatic rings. The number of hydrogen-bond donors (Lipinski definition) is 1. The summed E-state index contributed by atoms with van der Waals surface area (Å²) >= 11 is 0. The zero-order valence-electron chi connectivity index (χ0n) is 11.4. The maximum absolute atomic E-state index is 11.7. The number of rotatable bonds is 4. The summed E-state index contributed by atoms with van der Waals surface area (Å²) < 4.78 is 10.4. The molecule has 20 heavy (non-hydrogen) atoms. The SMILES string of the molecule is COC(=O)c1cc(N)cnc1OC(C)c1ccccc1. The average Bonchev–Trinajstić information content (AvgIpc) is 2.49. The molecule has 0 bridgehead atoms. The van der Waals surface area contributed by atoms with Crippen molar-refractivity contribution >= 4 is 11.7 Å². The summed E-state index contributed by atoms with van der Waals surface area (Å²) in [6.07, 6.45) is 1.20. The molecule has 0 aliphatic carbocycles. The number of carbonyl (C=O) groups is 1. The number of nitrogens with two attached hydrogens (primary N) is 1. The van der Waals surface area contributed by atoms with E-state index in [9.17, 15) is 4.79 Å². The first kappa shape index (κ1) is 13.9. The van der Waals surface area contributed by atoms with Crippen LogP contribution in [0.3, 0.4) is 0 Å². The molecule has 0 amide bonds. The van der Waals surface area contributed by atoms with Gasteiger partial charge in [-0.05, 0) is 18.6 Å². The molecule has 0 saturated heterocycles. The van der Waals surface area contributed by atoms with Crippen molar-refractivity contribution in [2.75, 3.05) is 12.8 Å². The number of hydrogen-bond acceptors (Lipinski definition) is 5. The Bertz CT molecular complexity index is 599. The highest BCUT2D eigenvalue weighted by Gasteiger charge is 2.18. The summed E-state index contributed by atoms with van der Waals surface area (Å²) in [5, 5.41) is 0. The number of aromatic nitrogens is 1. The number of pyridine rings is 1. The fraction of sp³-hybridized carbons (Fsp3) is 0.200. The Labute approximate surface area is 117 Å². The molecule has 0 spiro atoms. The highest BCUT2D eigenvalue weighted by atomic mass is 16.5. The minimum Gasteiger partial charge on any atom is -0.469 e. The normalized spacial score (nSPS) is 11.7. The molecule has 0 saturated carbocycles. The van der Waals surface area contributed by atoms with Crippen molar-refractivity contribution in [3.05, 3.63) is 53.7 Å². The van der Waals surface area contributed by atoms with E-state index in [4.69, 9.17) is 15.2 Å². The smallest absolute Gasteiger partial charge is 0.343 e. The lowest BCUT2D eigenvalue weighted by Gasteiger charge is -2.16. The van der Waals surface area contributed by atoms with E-state index in [1.165, 1.54) is 19.4 Å². The van der Waals surface area contributed by atoms with E-state index in [1.807, 2.05) is 37.3 Å². The van der Waals surface area contributed by atoms with Crippen LogP contribution in [0.4, 0.5) is 5.69 Å². The van der Waals surface area contributed by atoms with Gasteiger partial charge in [0.2, 0.25) is 5.88 Å². The first-order valence-electron chi connectivity index (χ1n) is 6.17. The van der Waals surface area contributed by atoms with Gasteiger partial charge in [0.15, 0.2) is 0 Å². The second-order valence-electron chi connectivity index (χ2n) is 4.28. The lowest BCUT2D eigenvalue weighted by Crippen LogP contribution is -2.11. The molecule has 1 heterocycles. The molecule has 1 atom stereocenters. The van der Waals surface area contributed by atoms with Gasteiger partial charge in [0.05, 0.1) is 19.0 Å². The Kier molecular flexibility index (Phi) is 4.20. The third-order valence-corrected chi connectivity index (χ3v) is 2.83. The monoisotopic (exact) mass is 272 g/mol. The van der Waals surface area contributed by atoms with Crippen LogP contribution in [-0.2, 0) is 4.74 Å². The number of nitrogens with zero attached hydrogens (tertiary/aromatic N) is 1. The van der Waals surface area contributed by atoms with Crippen LogP contribution in [0.5, 0.6) is 5.88 Å². The fourth-order valence-electron chi connectivity index (χ4n) is 1.78. The highest BCUT2D eigenvalue weighted by Crippen LogP contribution is 2.25. The molecule has 0 fully saturated rings. The van der Waals surface area contributed by atoms with Crippen LogP contribution in [-0.4, -0.2) is 18.1 Å². The number of ether oxygens (including phenoxy) is 2. The molecular formula is C15H16N2O3. The van der Waals surface area contributed by atoms with Gasteiger partial charge >= 0.3 is 5.97 Å². The zero-order chi connectivity index (χ0) is 14.5. The van der Waals surface area contributed by atoms with Crippen molar-refractivity contribution in [1.82, 2.24) is 4.98 Å². The molecule has 2 rings (SSSR count). The molecular weight excluding hydrogens is 256 g/mol. The highest BCUT2D eigenvalue weighted by molar-refractivity contribution is 5.92. The number of benzene rings is 1. The van der Waals surface area contributed by atoms with Gasteiger partial charge in [0, 0.05) is 0 Å². The van der Waals surface area contributed by atoms with E-state index in [0.29, 0.717) is 5.69 Å². The number of anilines is 1. The molecule has 5 heteroatoms. The second-order valence-corrected chi connectivity index (χ2v) is 4.28. The number of nitrogen functional groups attached to an aromatic ring is 1. The fourth-order valence-corrected chi connectivity index (χ4v) is 1.78. The van der Waals surface area contributed by atoms with Gasteiger partial charge in [-0.15, -0.1) is 0 Å². The van der Waals surface area contributed by atoms with E-state index >= 15 is 0 Å². The second kappa shape index (κ2) is 6.06. The molecule has 0 aliphatic heterocycles. The van der Waals surface area contributed by atoms with E-state index in [-0.39, 0.29) is 17.5 Å². The first-order chi connectivity index (χ1) is 9.61. The minimum absolute atomic E-state index is 0.211. The standard InChI is InChI=1S/C15H16N2O3/c1-10(11-6-4-3-5-7-11)20-14-13(15(18)19-2)8-12(16)9-17-14/h3-10H,16H2,1-2H3. The average molecular weight is 272 g/mol. The van der Waals surface area contributed by atoms with Crippen LogP contribution >= 0.6 is 0 Å². The number of carbonyl (C=O) groups excluding carboxylic acids is 1. The van der Waals surface area contributed by atoms with Crippen molar-refractivity contribution in [2.45, 2.75) is 13.0 Å². The lowest BCUT2D eigenvalue weighted by molar-refractivity contribution is 0.0592. The van der Waals surface area contributed by atoms with Crippen LogP contribution < -0.4 is 10.5 Å². The van der Waals surface area contributed by atoms with Gasteiger partial charge in [-0.1, -0.05) is 30.3 Å². The van der Waals surface area contributed by atoms with E-state index in [1.54, 1.807) is 0 Å². The maximum atomic E-state index is 11.7. The molecule has 0 radical (unpaired) electrons. The maximum Gasteiger partial charge on any atom is 0.343 e. The van der Waals surface area contributed by atoms with Gasteiger partial charge < -0.3 is 15.2 Å². The molecule has 1 unspecified atom stereocenters. The Morgan fingerprint density at radius 2 is 2.00 bits per heavy atom. The third kappa shape index (κ3) is 3.06. The molecule has 0 aliphatic rings. The molecule has 1 aromatic heterocycles. The van der Waals surface area contributed by atoms with Crippen LogP contribution in [0.2, 0.25) is 0 Å². The number of esters is 1. The third-order valence-electron chi connectivity index (χ3n) is 2.83. The zero-order valence-corrected chi connectivity index (χ0v) is 11.4. The van der Waals surface area contributed by atoms with Crippen molar-refractivity contribution < 1.29 is 14.3 Å². The Morgan fingerprint density at radius 3 is 2.65 bits per heavy atom. The van der Waals surface area contributed by atoms with Gasteiger partial charge in [-0.2, -0.15) is 0 Å². The quantitative estimate of drug-likeness (QED) is 0.866. The van der Waals surface area contributed by atoms with Crippen LogP contribution in [0.1, 0.15) is 28.9 Å².